The van der Waals surface area contributed by atoms with Crippen LogP contribution in [0, 0.1) is 0 Å². The van der Waals surface area contributed by atoms with Gasteiger partial charge < -0.3 is 4.90 Å². The second-order valence-corrected chi connectivity index (χ2v) is 8.28. The number of β-lactam (4-membered cyclic amide) rings is 1. The summed E-state index contributed by atoms with van der Waals surface area (Å²) in [6, 6.07) is 13.9. The van der Waals surface area contributed by atoms with Crippen LogP contribution in [-0.4, -0.2) is 44.5 Å². The molecule has 2 atom stereocenters. The lowest BCUT2D eigenvalue weighted by Gasteiger charge is -2.40. The number of rotatable bonds is 5. The summed E-state index contributed by atoms with van der Waals surface area (Å²) < 4.78 is 48.9. The van der Waals surface area contributed by atoms with Crippen molar-refractivity contribution < 1.29 is 27.0 Å². The van der Waals surface area contributed by atoms with Crippen LogP contribution in [0.25, 0.3) is 0 Å². The molecule has 154 valence electrons. The van der Waals surface area contributed by atoms with Gasteiger partial charge in [0.15, 0.2) is 10.8 Å². The van der Waals surface area contributed by atoms with Gasteiger partial charge in [0.2, 0.25) is 5.91 Å². The maximum atomic E-state index is 12.7. The Kier molecular flexibility index (Phi) is 6.07. The zero-order chi connectivity index (χ0) is 21.2. The third-order valence-corrected chi connectivity index (χ3v) is 5.78. The maximum Gasteiger partial charge on any atom is 0.475 e. The molecule has 0 bridgehead atoms. The van der Waals surface area contributed by atoms with Crippen LogP contribution in [0.2, 0.25) is 0 Å². The van der Waals surface area contributed by atoms with Crippen molar-refractivity contribution in [2.75, 3.05) is 7.05 Å². The third kappa shape index (κ3) is 4.84. The number of likely N-dealkylation sites (tertiary alicyclic amines) is 1. The van der Waals surface area contributed by atoms with Crippen LogP contribution in [0.3, 0.4) is 0 Å². The first-order chi connectivity index (χ1) is 13.7. The van der Waals surface area contributed by atoms with Gasteiger partial charge >= 0.3 is 11.5 Å². The van der Waals surface area contributed by atoms with Gasteiger partial charge in [0.1, 0.15) is 0 Å². The maximum absolute atomic E-state index is 12.7. The quantitative estimate of drug-likeness (QED) is 0.688. The molecular formula is C20H19F3N2O3S. The largest absolute Gasteiger partial charge is 0.475 e. The Labute approximate surface area is 168 Å². The van der Waals surface area contributed by atoms with Gasteiger partial charge in [-0.1, -0.05) is 42.5 Å². The highest BCUT2D eigenvalue weighted by atomic mass is 32.2. The van der Waals surface area contributed by atoms with Crippen molar-refractivity contribution in [1.82, 2.24) is 9.80 Å². The number of imide groups is 1. The predicted molar refractivity (Wildman–Crippen MR) is 101 cm³/mol. The number of amides is 3. The Morgan fingerprint density at radius 1 is 1.10 bits per heavy atom. The van der Waals surface area contributed by atoms with Crippen molar-refractivity contribution in [3.63, 3.8) is 0 Å². The summed E-state index contributed by atoms with van der Waals surface area (Å²) in [5.41, 5.74) is -3.23. The Bertz CT molecular complexity index is 917. The fraction of sp³-hybridized carbons (Fsp3) is 0.300. The Morgan fingerprint density at radius 3 is 2.28 bits per heavy atom. The molecule has 5 nitrogen and oxygen atoms in total. The molecule has 1 heterocycles. The topological polar surface area (TPSA) is 57.7 Å². The van der Waals surface area contributed by atoms with E-state index in [0.717, 1.165) is 17.7 Å². The molecule has 3 amide bonds. The molecule has 1 saturated heterocycles. The van der Waals surface area contributed by atoms with E-state index in [9.17, 15) is 27.0 Å². The van der Waals surface area contributed by atoms with Gasteiger partial charge in [-0.2, -0.15) is 13.2 Å². The van der Waals surface area contributed by atoms with E-state index < -0.39 is 22.3 Å². The van der Waals surface area contributed by atoms with E-state index >= 15 is 0 Å². The van der Waals surface area contributed by atoms with E-state index in [4.69, 9.17) is 0 Å². The van der Waals surface area contributed by atoms with Crippen LogP contribution < -0.4 is 0 Å². The van der Waals surface area contributed by atoms with Gasteiger partial charge in [-0.3, -0.25) is 9.69 Å². The highest BCUT2D eigenvalue weighted by molar-refractivity contribution is 7.86. The molecule has 3 rings (SSSR count). The van der Waals surface area contributed by atoms with Crippen LogP contribution >= 0.6 is 0 Å². The number of hydrogen-bond acceptors (Lipinski definition) is 3. The van der Waals surface area contributed by atoms with Crippen molar-refractivity contribution in [1.29, 1.82) is 0 Å². The van der Waals surface area contributed by atoms with Gasteiger partial charge in [-0.15, -0.1) is 0 Å². The van der Waals surface area contributed by atoms with E-state index in [0.29, 0.717) is 18.4 Å². The standard InChI is InChI=1S/C20H19F3N2O3S/c1-24(13-15-7-9-17(10-8-15)29(28)20(21,22)23)19(27)25-16(12-18(25)26)11-14-5-3-2-4-6-14/h2-10,16H,11-13H2,1H3/t16-,29?/m1/s1. The summed E-state index contributed by atoms with van der Waals surface area (Å²) in [5, 5.41) is 0. The monoisotopic (exact) mass is 424 g/mol. The summed E-state index contributed by atoms with van der Waals surface area (Å²) in [7, 11) is -1.57. The predicted octanol–water partition coefficient (Wildman–Crippen LogP) is 3.71. The number of benzene rings is 2. The van der Waals surface area contributed by atoms with Gasteiger partial charge in [-0.05, 0) is 29.7 Å². The lowest BCUT2D eigenvalue weighted by Crippen LogP contribution is -2.59. The van der Waals surface area contributed by atoms with Crippen molar-refractivity contribution in [2.45, 2.75) is 35.8 Å². The second kappa shape index (κ2) is 8.36. The lowest BCUT2D eigenvalue weighted by atomic mass is 9.95. The number of hydrogen-bond donors (Lipinski definition) is 0. The molecule has 0 aromatic heterocycles. The fourth-order valence-electron chi connectivity index (χ4n) is 3.17. The summed E-state index contributed by atoms with van der Waals surface area (Å²) in [5.74, 6) is -0.251. The highest BCUT2D eigenvalue weighted by Crippen LogP contribution is 2.27. The number of alkyl halides is 3. The zero-order valence-corrected chi connectivity index (χ0v) is 16.4. The molecular weight excluding hydrogens is 405 g/mol. The molecule has 29 heavy (non-hydrogen) atoms. The molecule has 0 aliphatic carbocycles. The third-order valence-electron chi connectivity index (χ3n) is 4.66. The highest BCUT2D eigenvalue weighted by Gasteiger charge is 2.42. The van der Waals surface area contributed by atoms with E-state index in [2.05, 4.69) is 0 Å². The average Bonchev–Trinajstić information content (AvgIpc) is 2.67. The molecule has 2 aromatic rings. The van der Waals surface area contributed by atoms with Gasteiger partial charge in [-0.25, -0.2) is 9.00 Å². The minimum Gasteiger partial charge on any atom is -0.323 e. The minimum absolute atomic E-state index is 0.111. The van der Waals surface area contributed by atoms with E-state index in [1.54, 1.807) is 0 Å². The molecule has 1 unspecified atom stereocenters. The number of halogens is 3. The van der Waals surface area contributed by atoms with Gasteiger partial charge in [0, 0.05) is 24.9 Å². The van der Waals surface area contributed by atoms with Crippen molar-refractivity contribution in [3.8, 4) is 0 Å². The molecule has 1 fully saturated rings. The number of nitrogens with zero attached hydrogens (tertiary/aromatic N) is 2. The average molecular weight is 424 g/mol. The van der Waals surface area contributed by atoms with Crippen LogP contribution in [0.15, 0.2) is 59.5 Å². The molecule has 9 heteroatoms. The number of carbonyl (C=O) groups excluding carboxylic acids is 2. The van der Waals surface area contributed by atoms with Crippen molar-refractivity contribution >= 4 is 22.7 Å². The first-order valence-corrected chi connectivity index (χ1v) is 10.0. The summed E-state index contributed by atoms with van der Waals surface area (Å²) in [6.45, 7) is 0.111. The fourth-order valence-corrected chi connectivity index (χ4v) is 3.82. The van der Waals surface area contributed by atoms with Gasteiger partial charge in [0.25, 0.3) is 0 Å². The Balaban J connectivity index is 1.62. The number of urea groups is 1. The second-order valence-electron chi connectivity index (χ2n) is 6.81. The summed E-state index contributed by atoms with van der Waals surface area (Å²) in [6.07, 6.45) is 0.872. The Morgan fingerprint density at radius 2 is 1.72 bits per heavy atom. The SMILES string of the molecule is CN(Cc1ccc(S(=O)C(F)(F)F)cc1)C(=O)N1C(=O)C[C@H]1Cc1ccccc1. The summed E-state index contributed by atoms with van der Waals surface area (Å²) >= 11 is 0. The molecule has 0 saturated carbocycles. The number of carbonyl (C=O) groups is 2. The molecule has 0 radical (unpaired) electrons. The molecule has 1 aliphatic heterocycles. The minimum atomic E-state index is -4.82. The first-order valence-electron chi connectivity index (χ1n) is 8.85. The lowest BCUT2D eigenvalue weighted by molar-refractivity contribution is -0.141. The molecule has 2 aromatic carbocycles. The van der Waals surface area contributed by atoms with Crippen LogP contribution in [0.5, 0.6) is 0 Å². The first kappa shape index (κ1) is 21.0. The van der Waals surface area contributed by atoms with Crippen LogP contribution in [0.1, 0.15) is 17.5 Å². The van der Waals surface area contributed by atoms with Gasteiger partial charge in [0.05, 0.1) is 6.04 Å². The smallest absolute Gasteiger partial charge is 0.323 e. The molecule has 0 spiro atoms. The summed E-state index contributed by atoms with van der Waals surface area (Å²) in [4.78, 5) is 26.9. The van der Waals surface area contributed by atoms with E-state index in [1.807, 2.05) is 30.3 Å². The molecule has 0 N–H and O–H groups in total. The van der Waals surface area contributed by atoms with Crippen LogP contribution in [0.4, 0.5) is 18.0 Å². The zero-order valence-electron chi connectivity index (χ0n) is 15.6. The normalized spacial score (nSPS) is 17.6. The Hall–Kier alpha value is -2.68. The van der Waals surface area contributed by atoms with Crippen LogP contribution in [-0.2, 0) is 28.6 Å². The van der Waals surface area contributed by atoms with Crippen molar-refractivity contribution in [3.05, 3.63) is 65.7 Å². The van der Waals surface area contributed by atoms with Crippen molar-refractivity contribution in [2.24, 2.45) is 0 Å². The van der Waals surface area contributed by atoms with E-state index in [-0.39, 0.29) is 23.4 Å². The van der Waals surface area contributed by atoms with E-state index in [1.165, 1.54) is 29.0 Å². The molecule has 1 aliphatic rings.